The summed E-state index contributed by atoms with van der Waals surface area (Å²) in [4.78, 5) is 11.2. The molecule has 1 fully saturated rings. The van der Waals surface area contributed by atoms with Crippen LogP contribution in [0.3, 0.4) is 0 Å². The Morgan fingerprint density at radius 1 is 1.12 bits per heavy atom. The molecule has 3 rings (SSSR count). The lowest BCUT2D eigenvalue weighted by Crippen LogP contribution is -2.40. The van der Waals surface area contributed by atoms with Crippen molar-refractivity contribution in [3.63, 3.8) is 0 Å². The number of ether oxygens (including phenoxy) is 1. The molecule has 26 heavy (non-hydrogen) atoms. The van der Waals surface area contributed by atoms with E-state index in [0.717, 1.165) is 37.8 Å². The molecule has 0 spiro atoms. The highest BCUT2D eigenvalue weighted by Crippen LogP contribution is 2.24. The van der Waals surface area contributed by atoms with Gasteiger partial charge < -0.3 is 15.0 Å². The Bertz CT molecular complexity index is 715. The fourth-order valence-electron chi connectivity index (χ4n) is 3.03. The Kier molecular flexibility index (Phi) is 6.09. The first-order valence-corrected chi connectivity index (χ1v) is 9.50. The third-order valence-corrected chi connectivity index (χ3v) is 5.07. The molecule has 0 aliphatic carbocycles. The van der Waals surface area contributed by atoms with Crippen LogP contribution in [0.15, 0.2) is 36.7 Å². The molecule has 1 aliphatic rings. The van der Waals surface area contributed by atoms with Gasteiger partial charge in [0.15, 0.2) is 0 Å². The minimum absolute atomic E-state index is 0.401. The van der Waals surface area contributed by atoms with Gasteiger partial charge in [-0.15, -0.1) is 0 Å². The van der Waals surface area contributed by atoms with Crippen LogP contribution in [0.4, 0.5) is 11.6 Å². The molecule has 1 aliphatic heterocycles. The van der Waals surface area contributed by atoms with E-state index in [2.05, 4.69) is 72.3 Å². The van der Waals surface area contributed by atoms with Crippen LogP contribution in [0.25, 0.3) is 0 Å². The predicted octanol–water partition coefficient (Wildman–Crippen LogP) is 4.04. The van der Waals surface area contributed by atoms with Gasteiger partial charge >= 0.3 is 0 Å². The van der Waals surface area contributed by atoms with Gasteiger partial charge in [-0.1, -0.05) is 20.8 Å². The Morgan fingerprint density at radius 3 is 2.54 bits per heavy atom. The lowest BCUT2D eigenvalue weighted by Gasteiger charge is -2.27. The number of anilines is 2. The minimum Gasteiger partial charge on any atom is -0.377 e. The summed E-state index contributed by atoms with van der Waals surface area (Å²) >= 11 is 0. The van der Waals surface area contributed by atoms with E-state index in [4.69, 9.17) is 4.74 Å². The molecule has 3 heterocycles. The molecule has 1 unspecified atom stereocenters. The first kappa shape index (κ1) is 18.6. The smallest absolute Gasteiger partial charge is 0.128 e. The van der Waals surface area contributed by atoms with Crippen LogP contribution in [0.1, 0.15) is 50.2 Å². The molecule has 0 radical (unpaired) electrons. The van der Waals surface area contributed by atoms with Crippen molar-refractivity contribution in [1.82, 2.24) is 9.97 Å². The van der Waals surface area contributed by atoms with Crippen molar-refractivity contribution in [3.05, 3.63) is 47.8 Å². The van der Waals surface area contributed by atoms with E-state index in [0.29, 0.717) is 17.9 Å². The third kappa shape index (κ3) is 4.73. The zero-order valence-corrected chi connectivity index (χ0v) is 16.3. The number of hydrogen-bond donors (Lipinski definition) is 1. The van der Waals surface area contributed by atoms with Crippen LogP contribution >= 0.6 is 0 Å². The summed E-state index contributed by atoms with van der Waals surface area (Å²) in [6.45, 7) is 9.22. The molecule has 2 aromatic heterocycles. The maximum Gasteiger partial charge on any atom is 0.128 e. The van der Waals surface area contributed by atoms with Crippen LogP contribution in [0.2, 0.25) is 0 Å². The van der Waals surface area contributed by atoms with Gasteiger partial charge in [0.2, 0.25) is 0 Å². The van der Waals surface area contributed by atoms with Gasteiger partial charge in [-0.2, -0.15) is 0 Å². The topological polar surface area (TPSA) is 50.3 Å². The van der Waals surface area contributed by atoms with Crippen molar-refractivity contribution < 1.29 is 4.74 Å². The van der Waals surface area contributed by atoms with Gasteiger partial charge in [0, 0.05) is 26.0 Å². The van der Waals surface area contributed by atoms with Gasteiger partial charge in [-0.3, -0.25) is 0 Å². The average molecular weight is 354 g/mol. The fraction of sp³-hybridized carbons (Fsp3) is 0.524. The second-order valence-corrected chi connectivity index (χ2v) is 7.57. The molecule has 5 nitrogen and oxygen atoms in total. The van der Waals surface area contributed by atoms with Gasteiger partial charge in [-0.05, 0) is 53.6 Å². The zero-order valence-electron chi connectivity index (χ0n) is 16.3. The molecule has 0 bridgehead atoms. The normalized spacial score (nSPS) is 15.6. The quantitative estimate of drug-likeness (QED) is 0.775. The number of aromatic nitrogens is 2. The van der Waals surface area contributed by atoms with E-state index in [1.54, 1.807) is 0 Å². The second kappa shape index (κ2) is 8.49. The Hall–Kier alpha value is -2.14. The first-order valence-electron chi connectivity index (χ1n) is 9.50. The molecule has 1 atom stereocenters. The van der Waals surface area contributed by atoms with Crippen molar-refractivity contribution in [2.45, 2.75) is 45.1 Å². The van der Waals surface area contributed by atoms with Crippen molar-refractivity contribution >= 4 is 11.6 Å². The van der Waals surface area contributed by atoms with Crippen LogP contribution in [0, 0.1) is 0 Å². The Morgan fingerprint density at radius 2 is 1.85 bits per heavy atom. The monoisotopic (exact) mass is 354 g/mol. The molecule has 5 heteroatoms. The van der Waals surface area contributed by atoms with E-state index in [1.807, 2.05) is 12.4 Å². The Labute approximate surface area is 156 Å². The lowest BCUT2D eigenvalue weighted by molar-refractivity contribution is 0.0209. The zero-order chi connectivity index (χ0) is 18.5. The predicted molar refractivity (Wildman–Crippen MR) is 107 cm³/mol. The number of hydrogen-bond acceptors (Lipinski definition) is 5. The molecule has 2 aromatic rings. The van der Waals surface area contributed by atoms with Crippen LogP contribution in [0.5, 0.6) is 0 Å². The second-order valence-electron chi connectivity index (χ2n) is 7.57. The maximum atomic E-state index is 5.21. The van der Waals surface area contributed by atoms with Crippen molar-refractivity contribution in [2.24, 2.45) is 0 Å². The van der Waals surface area contributed by atoms with Gasteiger partial charge in [0.25, 0.3) is 0 Å². The molecular formula is C21H30N4O. The number of nitrogens with zero attached hydrogens (tertiary/aromatic N) is 3. The standard InChI is InChI=1S/C21H30N4O/c1-15(2)17-5-9-23-21(12-17)25(4)10-7-16(3)18-6-8-22-20(11-18)24-19-13-26-14-19/h5-6,8-9,11-12,15-16,19H,7,10,13-14H2,1-4H3,(H,22,24). The largest absolute Gasteiger partial charge is 0.377 e. The summed E-state index contributed by atoms with van der Waals surface area (Å²) < 4.78 is 5.21. The summed E-state index contributed by atoms with van der Waals surface area (Å²) in [7, 11) is 2.12. The highest BCUT2D eigenvalue weighted by atomic mass is 16.5. The summed E-state index contributed by atoms with van der Waals surface area (Å²) in [5.74, 6) is 2.98. The highest BCUT2D eigenvalue weighted by Gasteiger charge is 2.18. The van der Waals surface area contributed by atoms with E-state index >= 15 is 0 Å². The van der Waals surface area contributed by atoms with Gasteiger partial charge in [0.1, 0.15) is 11.6 Å². The van der Waals surface area contributed by atoms with Crippen molar-refractivity contribution in [3.8, 4) is 0 Å². The van der Waals surface area contributed by atoms with Crippen molar-refractivity contribution in [1.29, 1.82) is 0 Å². The third-order valence-electron chi connectivity index (χ3n) is 5.07. The molecule has 0 amide bonds. The summed E-state index contributed by atoms with van der Waals surface area (Å²) in [5.41, 5.74) is 2.65. The average Bonchev–Trinajstić information content (AvgIpc) is 2.62. The van der Waals surface area contributed by atoms with Crippen LogP contribution in [-0.2, 0) is 4.74 Å². The molecular weight excluding hydrogens is 324 g/mol. The van der Waals surface area contributed by atoms with Crippen molar-refractivity contribution in [2.75, 3.05) is 37.0 Å². The number of pyridine rings is 2. The van der Waals surface area contributed by atoms with E-state index < -0.39 is 0 Å². The van der Waals surface area contributed by atoms with E-state index in [9.17, 15) is 0 Å². The fourth-order valence-corrected chi connectivity index (χ4v) is 3.03. The molecule has 140 valence electrons. The summed E-state index contributed by atoms with van der Waals surface area (Å²) in [6, 6.07) is 8.98. The first-order chi connectivity index (χ1) is 12.5. The number of nitrogens with one attached hydrogen (secondary N) is 1. The van der Waals surface area contributed by atoms with Gasteiger partial charge in [0.05, 0.1) is 19.3 Å². The number of rotatable bonds is 8. The van der Waals surface area contributed by atoms with Crippen LogP contribution in [-0.4, -0.2) is 42.8 Å². The molecule has 0 saturated carbocycles. The van der Waals surface area contributed by atoms with E-state index in [1.165, 1.54) is 11.1 Å². The lowest BCUT2D eigenvalue weighted by atomic mass is 9.98. The maximum absolute atomic E-state index is 5.21. The molecule has 1 N–H and O–H groups in total. The van der Waals surface area contributed by atoms with Gasteiger partial charge in [-0.25, -0.2) is 9.97 Å². The SMILES string of the molecule is CC(C)c1ccnc(N(C)CCC(C)c2ccnc(NC3COC3)c2)c1. The highest BCUT2D eigenvalue weighted by molar-refractivity contribution is 5.42. The summed E-state index contributed by atoms with van der Waals surface area (Å²) in [6.07, 6.45) is 4.88. The Balaban J connectivity index is 1.57. The molecule has 0 aromatic carbocycles. The van der Waals surface area contributed by atoms with E-state index in [-0.39, 0.29) is 0 Å². The van der Waals surface area contributed by atoms with Crippen LogP contribution < -0.4 is 10.2 Å². The minimum atomic E-state index is 0.401. The molecule has 1 saturated heterocycles. The summed E-state index contributed by atoms with van der Waals surface area (Å²) in [5, 5.41) is 3.42.